The Kier molecular flexibility index (Phi) is 4.88. The van der Waals surface area contributed by atoms with Crippen LogP contribution in [0, 0.1) is 0 Å². The summed E-state index contributed by atoms with van der Waals surface area (Å²) in [5.41, 5.74) is 2.66. The van der Waals surface area contributed by atoms with Crippen LogP contribution in [0.15, 0.2) is 47.4 Å². The Hall–Kier alpha value is -2.38. The molecule has 6 nitrogen and oxygen atoms in total. The van der Waals surface area contributed by atoms with Crippen LogP contribution in [0.25, 0.3) is 0 Å². The van der Waals surface area contributed by atoms with Gasteiger partial charge in [0.2, 0.25) is 15.9 Å². The first kappa shape index (κ1) is 18.0. The molecule has 27 heavy (non-hydrogen) atoms. The Morgan fingerprint density at radius 3 is 2.56 bits per heavy atom. The van der Waals surface area contributed by atoms with E-state index in [-0.39, 0.29) is 17.2 Å². The summed E-state index contributed by atoms with van der Waals surface area (Å²) in [5.74, 6) is 0.762. The molecule has 0 unspecified atom stereocenters. The van der Waals surface area contributed by atoms with Gasteiger partial charge in [-0.1, -0.05) is 12.1 Å². The van der Waals surface area contributed by atoms with Gasteiger partial charge in [-0.15, -0.1) is 0 Å². The minimum atomic E-state index is -3.43. The zero-order chi connectivity index (χ0) is 18.9. The van der Waals surface area contributed by atoms with Gasteiger partial charge in [-0.25, -0.2) is 8.42 Å². The van der Waals surface area contributed by atoms with Crippen LogP contribution in [0.5, 0.6) is 5.75 Å². The molecule has 2 aromatic carbocycles. The molecule has 0 saturated carbocycles. The van der Waals surface area contributed by atoms with Gasteiger partial charge in [-0.05, 0) is 54.3 Å². The molecule has 0 aromatic heterocycles. The van der Waals surface area contributed by atoms with Crippen LogP contribution in [-0.2, 0) is 27.7 Å². The molecule has 0 atom stereocenters. The first-order chi connectivity index (χ1) is 13.0. The maximum atomic E-state index is 12.5. The van der Waals surface area contributed by atoms with Gasteiger partial charge >= 0.3 is 0 Å². The second kappa shape index (κ2) is 7.32. The van der Waals surface area contributed by atoms with Crippen LogP contribution in [-0.4, -0.2) is 38.3 Å². The Balaban J connectivity index is 1.40. The predicted octanol–water partition coefficient (Wildman–Crippen LogP) is 2.59. The fourth-order valence-corrected chi connectivity index (χ4v) is 5.05. The third kappa shape index (κ3) is 3.84. The van der Waals surface area contributed by atoms with E-state index in [2.05, 4.69) is 5.32 Å². The van der Waals surface area contributed by atoms with Crippen LogP contribution in [0.3, 0.4) is 0 Å². The quantitative estimate of drug-likeness (QED) is 0.857. The van der Waals surface area contributed by atoms with Crippen molar-refractivity contribution in [3.8, 4) is 5.75 Å². The molecular weight excluding hydrogens is 364 g/mol. The summed E-state index contributed by atoms with van der Waals surface area (Å²) in [7, 11) is -3.43. The zero-order valence-electron chi connectivity index (χ0n) is 15.0. The van der Waals surface area contributed by atoms with Gasteiger partial charge in [0, 0.05) is 25.2 Å². The van der Waals surface area contributed by atoms with E-state index >= 15 is 0 Å². The van der Waals surface area contributed by atoms with E-state index in [0.717, 1.165) is 36.1 Å². The Bertz CT molecular complexity index is 948. The number of fused-ring (bicyclic) bond motifs is 1. The van der Waals surface area contributed by atoms with Crippen LogP contribution < -0.4 is 10.1 Å². The van der Waals surface area contributed by atoms with Crippen molar-refractivity contribution in [2.75, 3.05) is 25.0 Å². The van der Waals surface area contributed by atoms with Crippen LogP contribution >= 0.6 is 0 Å². The van der Waals surface area contributed by atoms with Gasteiger partial charge < -0.3 is 10.1 Å². The van der Waals surface area contributed by atoms with E-state index < -0.39 is 10.0 Å². The second-order valence-corrected chi connectivity index (χ2v) is 8.84. The van der Waals surface area contributed by atoms with Crippen molar-refractivity contribution >= 4 is 21.6 Å². The topological polar surface area (TPSA) is 75.7 Å². The monoisotopic (exact) mass is 386 g/mol. The van der Waals surface area contributed by atoms with Crippen molar-refractivity contribution in [3.63, 3.8) is 0 Å². The number of benzene rings is 2. The van der Waals surface area contributed by atoms with Crippen molar-refractivity contribution < 1.29 is 17.9 Å². The van der Waals surface area contributed by atoms with E-state index in [1.54, 1.807) is 24.3 Å². The van der Waals surface area contributed by atoms with Gasteiger partial charge in [-0.3, -0.25) is 4.79 Å². The number of ether oxygens (including phenoxy) is 1. The largest absolute Gasteiger partial charge is 0.493 e. The highest BCUT2D eigenvalue weighted by Gasteiger charge is 2.26. The van der Waals surface area contributed by atoms with Gasteiger partial charge in [0.1, 0.15) is 5.75 Å². The lowest BCUT2D eigenvalue weighted by atomic mass is 10.1. The molecule has 1 amide bonds. The molecule has 4 rings (SSSR count). The number of anilines is 1. The smallest absolute Gasteiger partial charge is 0.243 e. The number of nitrogens with one attached hydrogen (secondary N) is 1. The highest BCUT2D eigenvalue weighted by Crippen LogP contribution is 2.26. The third-order valence-corrected chi connectivity index (χ3v) is 6.87. The van der Waals surface area contributed by atoms with E-state index in [0.29, 0.717) is 25.4 Å². The Morgan fingerprint density at radius 2 is 1.81 bits per heavy atom. The Morgan fingerprint density at radius 1 is 1.07 bits per heavy atom. The second-order valence-electron chi connectivity index (χ2n) is 6.90. The predicted molar refractivity (Wildman–Crippen MR) is 102 cm³/mol. The molecule has 0 bridgehead atoms. The first-order valence-electron chi connectivity index (χ1n) is 9.17. The molecular formula is C20H22N2O4S. The Labute approximate surface area is 159 Å². The van der Waals surface area contributed by atoms with Crippen molar-refractivity contribution in [1.29, 1.82) is 0 Å². The number of amides is 1. The van der Waals surface area contributed by atoms with Gasteiger partial charge in [-0.2, -0.15) is 4.31 Å². The van der Waals surface area contributed by atoms with E-state index in [1.807, 2.05) is 18.2 Å². The van der Waals surface area contributed by atoms with Crippen molar-refractivity contribution in [3.05, 3.63) is 53.6 Å². The van der Waals surface area contributed by atoms with E-state index in [9.17, 15) is 13.2 Å². The molecule has 2 aliphatic heterocycles. The molecule has 1 N–H and O–H groups in total. The molecule has 7 heteroatoms. The van der Waals surface area contributed by atoms with Crippen molar-refractivity contribution in [2.24, 2.45) is 0 Å². The fourth-order valence-electron chi connectivity index (χ4n) is 3.53. The average molecular weight is 386 g/mol. The normalized spacial score (nSPS) is 16.7. The molecule has 1 saturated heterocycles. The number of hydrogen-bond acceptors (Lipinski definition) is 4. The van der Waals surface area contributed by atoms with Gasteiger partial charge in [0.25, 0.3) is 0 Å². The van der Waals surface area contributed by atoms with Crippen LogP contribution in [0.1, 0.15) is 24.0 Å². The SMILES string of the molecule is O=C(Cc1ccc2c(c1)CCO2)Nc1ccc(S(=O)(=O)N2CCCC2)cc1. The lowest BCUT2D eigenvalue weighted by Crippen LogP contribution is -2.27. The maximum absolute atomic E-state index is 12.5. The maximum Gasteiger partial charge on any atom is 0.243 e. The highest BCUT2D eigenvalue weighted by atomic mass is 32.2. The summed E-state index contributed by atoms with van der Waals surface area (Å²) < 4.78 is 32.0. The van der Waals surface area contributed by atoms with Crippen molar-refractivity contribution in [2.45, 2.75) is 30.6 Å². The number of sulfonamides is 1. The van der Waals surface area contributed by atoms with Crippen LogP contribution in [0.2, 0.25) is 0 Å². The molecule has 0 radical (unpaired) electrons. The number of carbonyl (C=O) groups excluding carboxylic acids is 1. The summed E-state index contributed by atoms with van der Waals surface area (Å²) in [5, 5.41) is 2.83. The van der Waals surface area contributed by atoms with Crippen molar-refractivity contribution in [1.82, 2.24) is 4.31 Å². The average Bonchev–Trinajstić information content (AvgIpc) is 3.34. The molecule has 0 aliphatic carbocycles. The standard InChI is InChI=1S/C20H22N2O4S/c23-20(14-15-3-8-19-16(13-15)9-12-26-19)21-17-4-6-18(7-5-17)27(24,25)22-10-1-2-11-22/h3-8,13H,1-2,9-12,14H2,(H,21,23). The van der Waals surface area contributed by atoms with E-state index in [1.165, 1.54) is 4.31 Å². The zero-order valence-corrected chi connectivity index (χ0v) is 15.8. The molecule has 2 aromatic rings. The first-order valence-corrected chi connectivity index (χ1v) is 10.6. The van der Waals surface area contributed by atoms with E-state index in [4.69, 9.17) is 4.74 Å². The van der Waals surface area contributed by atoms with Crippen LogP contribution in [0.4, 0.5) is 5.69 Å². The number of nitrogens with zero attached hydrogens (tertiary/aromatic N) is 1. The lowest BCUT2D eigenvalue weighted by molar-refractivity contribution is -0.115. The summed E-state index contributed by atoms with van der Waals surface area (Å²) in [6.45, 7) is 1.84. The summed E-state index contributed by atoms with van der Waals surface area (Å²) in [4.78, 5) is 12.6. The molecule has 2 aliphatic rings. The lowest BCUT2D eigenvalue weighted by Gasteiger charge is -2.15. The molecule has 142 valence electrons. The number of rotatable bonds is 5. The molecule has 1 fully saturated rings. The summed E-state index contributed by atoms with van der Waals surface area (Å²) in [6.07, 6.45) is 2.95. The minimum absolute atomic E-state index is 0.135. The van der Waals surface area contributed by atoms with Gasteiger partial charge in [0.05, 0.1) is 17.9 Å². The molecule has 2 heterocycles. The third-order valence-electron chi connectivity index (χ3n) is 4.96. The van der Waals surface area contributed by atoms with Gasteiger partial charge in [0.15, 0.2) is 0 Å². The minimum Gasteiger partial charge on any atom is -0.493 e. The summed E-state index contributed by atoms with van der Waals surface area (Å²) >= 11 is 0. The number of carbonyl (C=O) groups is 1. The number of hydrogen-bond donors (Lipinski definition) is 1. The fraction of sp³-hybridized carbons (Fsp3) is 0.350. The summed E-state index contributed by atoms with van der Waals surface area (Å²) in [6, 6.07) is 12.2. The highest BCUT2D eigenvalue weighted by molar-refractivity contribution is 7.89. The molecule has 0 spiro atoms.